The van der Waals surface area contributed by atoms with Crippen molar-refractivity contribution in [3.8, 4) is 22.9 Å². The van der Waals surface area contributed by atoms with Crippen LogP contribution in [0.5, 0.6) is 11.5 Å². The lowest BCUT2D eigenvalue weighted by atomic mass is 10.1. The number of amides is 1. The van der Waals surface area contributed by atoms with E-state index in [0.717, 1.165) is 9.86 Å². The van der Waals surface area contributed by atoms with E-state index in [1.54, 1.807) is 44.7 Å². The molecule has 0 spiro atoms. The minimum atomic E-state index is -0.259. The topological polar surface area (TPSA) is 73.3 Å². The van der Waals surface area contributed by atoms with E-state index in [-0.39, 0.29) is 5.91 Å². The Morgan fingerprint density at radius 1 is 0.933 bits per heavy atom. The van der Waals surface area contributed by atoms with E-state index in [0.29, 0.717) is 39.7 Å². The van der Waals surface area contributed by atoms with Gasteiger partial charge in [-0.05, 0) is 48.5 Å². The molecule has 4 aromatic rings. The van der Waals surface area contributed by atoms with Gasteiger partial charge < -0.3 is 14.8 Å². The summed E-state index contributed by atoms with van der Waals surface area (Å²) in [5.41, 5.74) is 3.12. The van der Waals surface area contributed by atoms with E-state index in [4.69, 9.17) is 9.47 Å². The highest BCUT2D eigenvalue weighted by Crippen LogP contribution is 2.31. The van der Waals surface area contributed by atoms with Crippen molar-refractivity contribution in [2.75, 3.05) is 19.5 Å². The normalized spacial score (nSPS) is 10.6. The molecule has 30 heavy (non-hydrogen) atoms. The SMILES string of the molecule is COc1ccc(NC(=O)c2cc(-c3ccccn3)nc3ccc(Br)cc23)cc1OC. The van der Waals surface area contributed by atoms with Crippen molar-refractivity contribution in [2.24, 2.45) is 0 Å². The maximum absolute atomic E-state index is 13.2. The lowest BCUT2D eigenvalue weighted by Gasteiger charge is -2.13. The molecule has 4 rings (SSSR count). The second kappa shape index (κ2) is 8.51. The Kier molecular flexibility index (Phi) is 5.63. The highest BCUT2D eigenvalue weighted by atomic mass is 79.9. The molecule has 0 aliphatic heterocycles. The van der Waals surface area contributed by atoms with Gasteiger partial charge in [-0.1, -0.05) is 22.0 Å². The fourth-order valence-electron chi connectivity index (χ4n) is 3.14. The largest absolute Gasteiger partial charge is 0.493 e. The number of hydrogen-bond donors (Lipinski definition) is 1. The molecule has 1 N–H and O–H groups in total. The molecule has 0 saturated heterocycles. The fourth-order valence-corrected chi connectivity index (χ4v) is 3.50. The van der Waals surface area contributed by atoms with Crippen LogP contribution < -0.4 is 14.8 Å². The van der Waals surface area contributed by atoms with E-state index in [9.17, 15) is 4.79 Å². The van der Waals surface area contributed by atoms with Gasteiger partial charge in [0.2, 0.25) is 0 Å². The number of rotatable bonds is 5. The Balaban J connectivity index is 1.78. The molecule has 2 aromatic carbocycles. The number of pyridine rings is 2. The van der Waals surface area contributed by atoms with Crippen LogP contribution in [0, 0.1) is 0 Å². The Morgan fingerprint density at radius 3 is 2.50 bits per heavy atom. The number of ether oxygens (including phenoxy) is 2. The van der Waals surface area contributed by atoms with Crippen LogP contribution in [0.4, 0.5) is 5.69 Å². The van der Waals surface area contributed by atoms with Crippen LogP contribution in [0.1, 0.15) is 10.4 Å². The maximum atomic E-state index is 13.2. The van der Waals surface area contributed by atoms with Crippen molar-refractivity contribution in [3.05, 3.63) is 76.9 Å². The van der Waals surface area contributed by atoms with Crippen molar-refractivity contribution in [3.63, 3.8) is 0 Å². The van der Waals surface area contributed by atoms with Gasteiger partial charge in [-0.2, -0.15) is 0 Å². The molecule has 0 radical (unpaired) electrons. The molecular weight excluding hydrogens is 446 g/mol. The lowest BCUT2D eigenvalue weighted by Crippen LogP contribution is -2.13. The summed E-state index contributed by atoms with van der Waals surface area (Å²) >= 11 is 3.48. The number of methoxy groups -OCH3 is 2. The molecule has 0 fully saturated rings. The number of benzene rings is 2. The second-order valence-electron chi connectivity index (χ2n) is 6.46. The number of nitrogens with one attached hydrogen (secondary N) is 1. The number of nitrogens with zero attached hydrogens (tertiary/aromatic N) is 2. The Bertz CT molecular complexity index is 1230. The summed E-state index contributed by atoms with van der Waals surface area (Å²) in [4.78, 5) is 22.3. The van der Waals surface area contributed by atoms with E-state index in [1.807, 2.05) is 36.4 Å². The van der Waals surface area contributed by atoms with Crippen molar-refractivity contribution >= 4 is 38.4 Å². The minimum absolute atomic E-state index is 0.259. The quantitative estimate of drug-likeness (QED) is 0.432. The predicted molar refractivity (Wildman–Crippen MR) is 120 cm³/mol. The van der Waals surface area contributed by atoms with Gasteiger partial charge in [-0.25, -0.2) is 4.98 Å². The van der Waals surface area contributed by atoms with Gasteiger partial charge in [0, 0.05) is 27.8 Å². The zero-order valence-corrected chi connectivity index (χ0v) is 17.9. The molecule has 2 heterocycles. The Hall–Kier alpha value is -3.45. The number of fused-ring (bicyclic) bond motifs is 1. The molecule has 0 bridgehead atoms. The third-order valence-corrected chi connectivity index (χ3v) is 5.08. The smallest absolute Gasteiger partial charge is 0.256 e. The van der Waals surface area contributed by atoms with Gasteiger partial charge >= 0.3 is 0 Å². The van der Waals surface area contributed by atoms with E-state index in [1.165, 1.54) is 0 Å². The molecule has 0 aliphatic rings. The average molecular weight is 464 g/mol. The van der Waals surface area contributed by atoms with Crippen molar-refractivity contribution in [1.29, 1.82) is 0 Å². The average Bonchev–Trinajstić information content (AvgIpc) is 2.78. The molecule has 7 heteroatoms. The van der Waals surface area contributed by atoms with Crippen molar-refractivity contribution in [1.82, 2.24) is 9.97 Å². The summed E-state index contributed by atoms with van der Waals surface area (Å²) in [5, 5.41) is 3.67. The van der Waals surface area contributed by atoms with E-state index < -0.39 is 0 Å². The summed E-state index contributed by atoms with van der Waals surface area (Å²) in [6, 6.07) is 18.2. The highest BCUT2D eigenvalue weighted by molar-refractivity contribution is 9.10. The van der Waals surface area contributed by atoms with Crippen molar-refractivity contribution in [2.45, 2.75) is 0 Å². The molecule has 2 aromatic heterocycles. The van der Waals surface area contributed by atoms with Crippen LogP contribution >= 0.6 is 15.9 Å². The molecule has 0 aliphatic carbocycles. The van der Waals surface area contributed by atoms with Crippen LogP contribution in [-0.2, 0) is 0 Å². The Morgan fingerprint density at radius 2 is 1.77 bits per heavy atom. The second-order valence-corrected chi connectivity index (χ2v) is 7.37. The summed E-state index contributed by atoms with van der Waals surface area (Å²) in [6.07, 6.45) is 1.70. The number of carbonyl (C=O) groups is 1. The van der Waals surface area contributed by atoms with Crippen LogP contribution in [0.2, 0.25) is 0 Å². The molecule has 0 unspecified atom stereocenters. The van der Waals surface area contributed by atoms with Crippen molar-refractivity contribution < 1.29 is 14.3 Å². The van der Waals surface area contributed by atoms with E-state index >= 15 is 0 Å². The zero-order chi connectivity index (χ0) is 21.1. The number of aromatic nitrogens is 2. The van der Waals surface area contributed by atoms with Crippen LogP contribution in [0.15, 0.2) is 71.3 Å². The molecule has 150 valence electrons. The fraction of sp³-hybridized carbons (Fsp3) is 0.0870. The first-order chi connectivity index (χ1) is 14.6. The van der Waals surface area contributed by atoms with Crippen LogP contribution in [0.25, 0.3) is 22.3 Å². The number of hydrogen-bond acceptors (Lipinski definition) is 5. The van der Waals surface area contributed by atoms with Crippen LogP contribution in [-0.4, -0.2) is 30.1 Å². The van der Waals surface area contributed by atoms with E-state index in [2.05, 4.69) is 31.2 Å². The zero-order valence-electron chi connectivity index (χ0n) is 16.3. The number of halogens is 1. The third kappa shape index (κ3) is 3.97. The highest BCUT2D eigenvalue weighted by Gasteiger charge is 2.16. The lowest BCUT2D eigenvalue weighted by molar-refractivity contribution is 0.102. The van der Waals surface area contributed by atoms with Gasteiger partial charge in [0.15, 0.2) is 11.5 Å². The third-order valence-electron chi connectivity index (χ3n) is 4.58. The minimum Gasteiger partial charge on any atom is -0.493 e. The van der Waals surface area contributed by atoms with Gasteiger partial charge in [0.05, 0.1) is 36.7 Å². The predicted octanol–water partition coefficient (Wildman–Crippen LogP) is 5.33. The summed E-state index contributed by atoms with van der Waals surface area (Å²) in [6.45, 7) is 0. The summed E-state index contributed by atoms with van der Waals surface area (Å²) < 4.78 is 11.4. The molecular formula is C23H18BrN3O3. The van der Waals surface area contributed by atoms with Gasteiger partial charge in [-0.15, -0.1) is 0 Å². The van der Waals surface area contributed by atoms with Gasteiger partial charge in [-0.3, -0.25) is 9.78 Å². The summed E-state index contributed by atoms with van der Waals surface area (Å²) in [7, 11) is 3.12. The first kappa shape index (κ1) is 19.8. The molecule has 1 amide bonds. The first-order valence-corrected chi connectivity index (χ1v) is 9.93. The number of carbonyl (C=O) groups excluding carboxylic acids is 1. The van der Waals surface area contributed by atoms with Gasteiger partial charge in [0.25, 0.3) is 5.91 Å². The monoisotopic (exact) mass is 463 g/mol. The van der Waals surface area contributed by atoms with Gasteiger partial charge in [0.1, 0.15) is 0 Å². The van der Waals surface area contributed by atoms with Crippen LogP contribution in [0.3, 0.4) is 0 Å². The molecule has 0 atom stereocenters. The summed E-state index contributed by atoms with van der Waals surface area (Å²) in [5.74, 6) is 0.864. The first-order valence-electron chi connectivity index (χ1n) is 9.14. The Labute approximate surface area is 182 Å². The standard InChI is InChI=1S/C23H18BrN3O3/c1-29-21-9-7-15(12-22(21)30-2)26-23(28)17-13-20(19-5-3-4-10-25-19)27-18-8-6-14(24)11-16(17)18/h3-13H,1-2H3,(H,26,28). The maximum Gasteiger partial charge on any atom is 0.256 e. The number of anilines is 1. The molecule has 6 nitrogen and oxygen atoms in total. The molecule has 0 saturated carbocycles.